The number of benzene rings is 1. The van der Waals surface area contributed by atoms with E-state index in [0.29, 0.717) is 18.1 Å². The molecule has 3 N–H and O–H groups in total. The van der Waals surface area contributed by atoms with Crippen LogP contribution in [0.5, 0.6) is 11.5 Å². The first-order valence-electron chi connectivity index (χ1n) is 6.73. The lowest BCUT2D eigenvalue weighted by Crippen LogP contribution is -2.53. The zero-order valence-electron chi connectivity index (χ0n) is 12.6. The normalized spacial score (nSPS) is 14.2. The van der Waals surface area contributed by atoms with E-state index >= 15 is 0 Å². The van der Waals surface area contributed by atoms with Gasteiger partial charge >= 0.3 is 0 Å². The van der Waals surface area contributed by atoms with E-state index < -0.39 is 5.54 Å². The molecule has 0 heterocycles. The zero-order chi connectivity index (χ0) is 15.2. The summed E-state index contributed by atoms with van der Waals surface area (Å²) in [5, 5.41) is 21.9. The number of aliphatic hydroxyl groups is 2. The van der Waals surface area contributed by atoms with Gasteiger partial charge in [0.05, 0.1) is 25.9 Å². The summed E-state index contributed by atoms with van der Waals surface area (Å²) in [6, 6.07) is 5.53. The molecule has 0 saturated carbocycles. The van der Waals surface area contributed by atoms with Crippen molar-refractivity contribution < 1.29 is 19.7 Å². The van der Waals surface area contributed by atoms with E-state index in [-0.39, 0.29) is 19.3 Å². The number of ether oxygens (including phenoxy) is 2. The first-order valence-corrected chi connectivity index (χ1v) is 6.73. The van der Waals surface area contributed by atoms with Gasteiger partial charge in [-0.2, -0.15) is 0 Å². The summed E-state index contributed by atoms with van der Waals surface area (Å²) in [6.45, 7) is 6.19. The van der Waals surface area contributed by atoms with Crippen LogP contribution < -0.4 is 14.8 Å². The van der Waals surface area contributed by atoms with Crippen molar-refractivity contribution in [1.29, 1.82) is 0 Å². The van der Waals surface area contributed by atoms with Crippen LogP contribution in [-0.4, -0.2) is 42.1 Å². The number of hydrogen-bond donors (Lipinski definition) is 3. The highest BCUT2D eigenvalue weighted by Gasteiger charge is 2.25. The Labute approximate surface area is 120 Å². The first-order chi connectivity index (χ1) is 9.44. The fraction of sp³-hybridized carbons (Fsp3) is 0.600. The topological polar surface area (TPSA) is 71.0 Å². The predicted molar refractivity (Wildman–Crippen MR) is 78.2 cm³/mol. The van der Waals surface area contributed by atoms with Gasteiger partial charge in [-0.05, 0) is 24.6 Å². The lowest BCUT2D eigenvalue weighted by molar-refractivity contribution is 0.107. The summed E-state index contributed by atoms with van der Waals surface area (Å²) < 4.78 is 11.0. The molecule has 0 fully saturated rings. The summed E-state index contributed by atoms with van der Waals surface area (Å²) in [5.74, 6) is 1.16. The Morgan fingerprint density at radius 3 is 2.45 bits per heavy atom. The second kappa shape index (κ2) is 7.47. The van der Waals surface area contributed by atoms with E-state index in [1.54, 1.807) is 25.3 Å². The van der Waals surface area contributed by atoms with E-state index in [4.69, 9.17) is 14.6 Å². The van der Waals surface area contributed by atoms with Gasteiger partial charge in [0.15, 0.2) is 11.5 Å². The average molecular weight is 283 g/mol. The average Bonchev–Trinajstić information content (AvgIpc) is 2.44. The number of hydrogen-bond acceptors (Lipinski definition) is 5. The third kappa shape index (κ3) is 4.67. The SMILES string of the molecule is COc1cc(CO)ccc1OCC(C)(CO)NC(C)C. The highest BCUT2D eigenvalue weighted by atomic mass is 16.5. The molecule has 0 bridgehead atoms. The molecule has 0 aliphatic carbocycles. The summed E-state index contributed by atoms with van der Waals surface area (Å²) in [7, 11) is 1.56. The predicted octanol–water partition coefficient (Wildman–Crippen LogP) is 1.32. The lowest BCUT2D eigenvalue weighted by atomic mass is 10.0. The maximum absolute atomic E-state index is 9.51. The van der Waals surface area contributed by atoms with Crippen molar-refractivity contribution in [3.63, 3.8) is 0 Å². The Kier molecular flexibility index (Phi) is 6.26. The fourth-order valence-electron chi connectivity index (χ4n) is 2.00. The van der Waals surface area contributed by atoms with Crippen LogP contribution in [0.4, 0.5) is 0 Å². The van der Waals surface area contributed by atoms with E-state index in [2.05, 4.69) is 5.32 Å². The molecule has 1 rings (SSSR count). The van der Waals surface area contributed by atoms with Crippen LogP contribution in [0, 0.1) is 0 Å². The van der Waals surface area contributed by atoms with Crippen molar-refractivity contribution in [2.45, 2.75) is 39.0 Å². The van der Waals surface area contributed by atoms with Gasteiger partial charge in [-0.3, -0.25) is 0 Å². The van der Waals surface area contributed by atoms with Crippen LogP contribution in [0.25, 0.3) is 0 Å². The number of nitrogens with one attached hydrogen (secondary N) is 1. The maximum atomic E-state index is 9.51. The number of methoxy groups -OCH3 is 1. The largest absolute Gasteiger partial charge is 0.493 e. The van der Waals surface area contributed by atoms with Crippen LogP contribution in [0.1, 0.15) is 26.3 Å². The van der Waals surface area contributed by atoms with Crippen LogP contribution in [0.15, 0.2) is 18.2 Å². The molecule has 0 radical (unpaired) electrons. The third-order valence-electron chi connectivity index (χ3n) is 2.94. The highest BCUT2D eigenvalue weighted by Crippen LogP contribution is 2.28. The van der Waals surface area contributed by atoms with Gasteiger partial charge in [0.2, 0.25) is 0 Å². The van der Waals surface area contributed by atoms with Crippen molar-refractivity contribution in [2.24, 2.45) is 0 Å². The molecule has 0 aliphatic heterocycles. The van der Waals surface area contributed by atoms with E-state index in [9.17, 15) is 5.11 Å². The van der Waals surface area contributed by atoms with Gasteiger partial charge in [-0.25, -0.2) is 0 Å². The molecule has 5 heteroatoms. The minimum atomic E-state index is -0.519. The molecule has 0 spiro atoms. The molecular formula is C15H25NO4. The minimum Gasteiger partial charge on any atom is -0.493 e. The molecule has 114 valence electrons. The van der Waals surface area contributed by atoms with Crippen LogP contribution in [-0.2, 0) is 6.61 Å². The first kappa shape index (κ1) is 16.8. The summed E-state index contributed by atoms with van der Waals surface area (Å²) >= 11 is 0. The van der Waals surface area contributed by atoms with Gasteiger partial charge < -0.3 is 25.0 Å². The minimum absolute atomic E-state index is 0.0256. The van der Waals surface area contributed by atoms with E-state index in [0.717, 1.165) is 5.56 Å². The van der Waals surface area contributed by atoms with Crippen molar-refractivity contribution in [1.82, 2.24) is 5.32 Å². The molecule has 5 nitrogen and oxygen atoms in total. The molecule has 0 aliphatic rings. The van der Waals surface area contributed by atoms with Crippen molar-refractivity contribution in [3.8, 4) is 11.5 Å². The molecule has 1 atom stereocenters. The summed E-state index contributed by atoms with van der Waals surface area (Å²) in [5.41, 5.74) is 0.244. The Bertz CT molecular complexity index is 422. The second-order valence-corrected chi connectivity index (χ2v) is 5.45. The molecule has 1 unspecified atom stereocenters. The molecular weight excluding hydrogens is 258 g/mol. The van der Waals surface area contributed by atoms with Gasteiger partial charge in [0.1, 0.15) is 6.61 Å². The van der Waals surface area contributed by atoms with Gasteiger partial charge in [-0.1, -0.05) is 19.9 Å². The molecule has 0 saturated heterocycles. The van der Waals surface area contributed by atoms with Crippen molar-refractivity contribution in [2.75, 3.05) is 20.3 Å². The van der Waals surface area contributed by atoms with Crippen LogP contribution in [0.3, 0.4) is 0 Å². The van der Waals surface area contributed by atoms with Gasteiger partial charge in [0.25, 0.3) is 0 Å². The lowest BCUT2D eigenvalue weighted by Gasteiger charge is -2.31. The second-order valence-electron chi connectivity index (χ2n) is 5.45. The molecule has 20 heavy (non-hydrogen) atoms. The summed E-state index contributed by atoms with van der Waals surface area (Å²) in [4.78, 5) is 0. The zero-order valence-corrected chi connectivity index (χ0v) is 12.6. The number of rotatable bonds is 8. The fourth-order valence-corrected chi connectivity index (χ4v) is 2.00. The van der Waals surface area contributed by atoms with E-state index in [1.165, 1.54) is 0 Å². The quantitative estimate of drug-likeness (QED) is 0.671. The summed E-state index contributed by atoms with van der Waals surface area (Å²) in [6.07, 6.45) is 0. The number of aliphatic hydroxyl groups excluding tert-OH is 2. The highest BCUT2D eigenvalue weighted by molar-refractivity contribution is 5.42. The molecule has 0 amide bonds. The van der Waals surface area contributed by atoms with Crippen molar-refractivity contribution >= 4 is 0 Å². The van der Waals surface area contributed by atoms with E-state index in [1.807, 2.05) is 20.8 Å². The smallest absolute Gasteiger partial charge is 0.161 e. The van der Waals surface area contributed by atoms with Gasteiger partial charge in [-0.15, -0.1) is 0 Å². The Balaban J connectivity index is 2.77. The third-order valence-corrected chi connectivity index (χ3v) is 2.94. The maximum Gasteiger partial charge on any atom is 0.161 e. The Morgan fingerprint density at radius 1 is 1.25 bits per heavy atom. The molecule has 0 aromatic heterocycles. The molecule has 1 aromatic carbocycles. The Hall–Kier alpha value is -1.30. The monoisotopic (exact) mass is 283 g/mol. The molecule has 1 aromatic rings. The Morgan fingerprint density at radius 2 is 1.95 bits per heavy atom. The van der Waals surface area contributed by atoms with Gasteiger partial charge in [0, 0.05) is 6.04 Å². The standard InChI is InChI=1S/C15H25NO4/c1-11(2)16-15(3,9-18)10-20-13-6-5-12(8-17)7-14(13)19-4/h5-7,11,16-18H,8-10H2,1-4H3. The van der Waals surface area contributed by atoms with Crippen LogP contribution >= 0.6 is 0 Å². The van der Waals surface area contributed by atoms with Crippen molar-refractivity contribution in [3.05, 3.63) is 23.8 Å². The van der Waals surface area contributed by atoms with Crippen LogP contribution in [0.2, 0.25) is 0 Å².